The van der Waals surface area contributed by atoms with Gasteiger partial charge >= 0.3 is 5.97 Å². The number of nitrogens with zero attached hydrogens (tertiary/aromatic N) is 11. The van der Waals surface area contributed by atoms with E-state index in [-0.39, 0.29) is 64.0 Å². The highest BCUT2D eigenvalue weighted by atomic mass is 16.4. The second kappa shape index (κ2) is 39.8. The van der Waals surface area contributed by atoms with Crippen molar-refractivity contribution in [1.29, 1.82) is 0 Å². The number of rotatable bonds is 14. The van der Waals surface area contributed by atoms with E-state index in [4.69, 9.17) is 15.0 Å². The molecule has 0 amide bonds. The molecule has 6 aliphatic heterocycles. The Bertz CT molecular complexity index is 5360. The number of carboxylic acids is 1. The number of Topliss-reactive ketones (excluding diaryl/α,β-unsaturated/α-hetero) is 1. The van der Waals surface area contributed by atoms with Gasteiger partial charge in [0.05, 0.1) is 56.7 Å². The van der Waals surface area contributed by atoms with E-state index in [2.05, 4.69) is 19.7 Å². The summed E-state index contributed by atoms with van der Waals surface area (Å²) in [6.45, 7) is -1.49. The van der Waals surface area contributed by atoms with Crippen LogP contribution in [-0.4, -0.2) is 140 Å². The number of aliphatic hydroxyl groups is 1. The number of aliphatic carboxylic acids is 1. The Kier molecular flexibility index (Phi) is 28.1. The molecule has 120 heavy (non-hydrogen) atoms. The van der Waals surface area contributed by atoms with Crippen LogP contribution in [0, 0.1) is 0 Å². The Morgan fingerprint density at radius 3 is 0.933 bits per heavy atom. The first-order chi connectivity index (χ1) is 58.7. The number of aromatic nitrogens is 9. The molecule has 638 valence electrons. The van der Waals surface area contributed by atoms with Gasteiger partial charge in [0.15, 0.2) is 22.9 Å². The molecule has 22 heteroatoms. The molecule has 12 heterocycles. The number of hydrogen-bond donors (Lipinski definition) is 3. The number of benzene rings is 3. The molecule has 3 unspecified atom stereocenters. The summed E-state index contributed by atoms with van der Waals surface area (Å²) in [7, 11) is 0. The zero-order valence-electron chi connectivity index (χ0n) is 70.5. The first-order valence-corrected chi connectivity index (χ1v) is 46.6. The quantitative estimate of drug-likeness (QED) is 0.0913. The number of piperidine rings is 6. The van der Waals surface area contributed by atoms with Gasteiger partial charge in [0.2, 0.25) is 5.56 Å². The minimum absolute atomic E-state index is 0.0311. The van der Waals surface area contributed by atoms with Gasteiger partial charge in [0.25, 0.3) is 27.8 Å². The van der Waals surface area contributed by atoms with Crippen molar-refractivity contribution in [2.45, 2.75) is 355 Å². The third kappa shape index (κ3) is 19.1. The first-order valence-electron chi connectivity index (χ1n) is 46.6. The van der Waals surface area contributed by atoms with Gasteiger partial charge in [-0.05, 0) is 170 Å². The van der Waals surface area contributed by atoms with Crippen molar-refractivity contribution in [2.75, 3.05) is 6.61 Å². The van der Waals surface area contributed by atoms with E-state index in [1.54, 1.807) is 36.4 Å². The lowest BCUT2D eigenvalue weighted by molar-refractivity contribution is -0.137. The summed E-state index contributed by atoms with van der Waals surface area (Å²) >= 11 is 0. The number of H-pyrrole nitrogens is 1. The fourth-order valence-electron chi connectivity index (χ4n) is 23.6. The van der Waals surface area contributed by atoms with E-state index < -0.39 is 36.0 Å². The molecular weight excluding hydrogens is 1510 g/mol. The van der Waals surface area contributed by atoms with Crippen molar-refractivity contribution in [1.82, 2.24) is 57.5 Å². The van der Waals surface area contributed by atoms with Crippen LogP contribution in [0.2, 0.25) is 0 Å². The molecule has 3 saturated carbocycles. The van der Waals surface area contributed by atoms with E-state index >= 15 is 0 Å². The largest absolute Gasteiger partial charge is 0.480 e. The number of hydrogen-bond acceptors (Lipinski definition) is 15. The number of pyridine rings is 3. The lowest BCUT2D eigenvalue weighted by atomic mass is 9.79. The Hall–Kier alpha value is -9.09. The summed E-state index contributed by atoms with van der Waals surface area (Å²) in [6, 6.07) is 42.7. The van der Waals surface area contributed by atoms with Crippen LogP contribution in [0.25, 0.3) is 67.3 Å². The molecule has 3 N–H and O–H groups in total. The Morgan fingerprint density at radius 2 is 0.608 bits per heavy atom. The summed E-state index contributed by atoms with van der Waals surface area (Å²) in [5.74, 6) is -1.63. The average Bonchev–Trinajstić information content (AvgIpc) is 0.748. The van der Waals surface area contributed by atoms with Crippen molar-refractivity contribution >= 4 is 44.9 Å². The van der Waals surface area contributed by atoms with Crippen LogP contribution in [0.3, 0.4) is 0 Å². The minimum Gasteiger partial charge on any atom is -0.480 e. The SMILES string of the molecule is O=C(CO)Cn1c(-c2nc3ccccc3n(C3C[C@H]4CCC[C@@H](C3)N4C3CCCCCCCCC3)c2=O)cccc1=O.O=C(O)Cn1c(-c2nc3ccccc3n(C3C[C@H]4CCC[C@@H](C3)N4C3CCCCCCCCC3)c2=O)cccc1=O.O=c1cccc(-c2nc3ccccc3n(C3C[C@H]4CCC[C@@H](C3)N4C3CCCCCCCCC3)c2=O)[nH]1. The highest BCUT2D eigenvalue weighted by molar-refractivity contribution is 5.82. The zero-order valence-corrected chi connectivity index (χ0v) is 70.5. The molecule has 0 spiro atoms. The zero-order chi connectivity index (χ0) is 82.6. The molecule has 6 saturated heterocycles. The monoisotopic (exact) mass is 1630 g/mol. The van der Waals surface area contributed by atoms with Gasteiger partial charge in [-0.3, -0.25) is 62.2 Å². The third-order valence-electron chi connectivity index (χ3n) is 28.9. The normalized spacial score (nSPS) is 25.1. The molecule has 3 aliphatic carbocycles. The van der Waals surface area contributed by atoms with Gasteiger partial charge in [-0.1, -0.05) is 209 Å². The van der Waals surface area contributed by atoms with Gasteiger partial charge < -0.3 is 28.9 Å². The van der Waals surface area contributed by atoms with Crippen molar-refractivity contribution < 1.29 is 19.8 Å². The highest BCUT2D eigenvalue weighted by Crippen LogP contribution is 2.47. The van der Waals surface area contributed by atoms with Gasteiger partial charge in [0.1, 0.15) is 13.2 Å². The fourth-order valence-corrected chi connectivity index (χ4v) is 23.6. The lowest BCUT2D eigenvalue weighted by Crippen LogP contribution is -2.57. The number of para-hydroxylation sites is 6. The van der Waals surface area contributed by atoms with E-state index in [0.29, 0.717) is 82.5 Å². The molecular formula is C98H126N12O10. The smallest absolute Gasteiger partial charge is 0.323 e. The number of carbonyl (C=O) groups excluding carboxylic acids is 1. The molecule has 0 radical (unpaired) electrons. The number of carboxylic acid groups (broad SMARTS) is 1. The number of aromatic amines is 1. The number of nitrogens with one attached hydrogen (secondary N) is 1. The lowest BCUT2D eigenvalue weighted by Gasteiger charge is -2.53. The molecule has 3 aromatic carbocycles. The molecule has 9 aromatic rings. The number of fused-ring (bicyclic) bond motifs is 9. The van der Waals surface area contributed by atoms with Crippen LogP contribution in [0.1, 0.15) is 288 Å². The highest BCUT2D eigenvalue weighted by Gasteiger charge is 2.46. The second-order valence-electron chi connectivity index (χ2n) is 36.6. The standard InChI is InChI=1S/C34H44N4O4.C33H42N4O4.C31H40N4O2/c39-23-28(40)22-36-31(18-11-19-32(36)41)33-34(42)38(30-17-9-8-16-29(30)35-33)27-20-25-14-10-15-26(21-27)37(25)24-12-6-4-2-1-3-5-7-13-24;38-30-19-11-18-29(35(30)22-31(39)40)32-33(41)37(28-17-9-8-16-27(28)34-32)26-20-24-14-10-15-25(21-26)36(24)23-12-6-4-2-1-3-5-7-13-23;36-29-19-11-17-27(32-29)30-31(37)35(28-18-9-8-16-26(28)33-30)25-20-23-14-10-15-24(21-25)34(23)22-12-6-4-2-1-3-5-7-13-22/h8-9,11,16-19,24-27,39H,1-7,10,12-15,20-23H2;8-9,11,16-19,23-26H,1-7,10,12-15,20-22H2,(H,39,40);8-9,11,16-19,22-25H,1-7,10,12-15,20-21H2,(H,32,36)/t25-,26+,27?;24-,25+,26?;23-,24+,25?. The Labute approximate surface area is 703 Å². The van der Waals surface area contributed by atoms with E-state index in [0.717, 1.165) is 65.2 Å². The molecule has 22 nitrogen and oxygen atoms in total. The number of ketones is 1. The minimum atomic E-state index is -1.14. The summed E-state index contributed by atoms with van der Waals surface area (Å²) in [4.78, 5) is 130. The van der Waals surface area contributed by atoms with Gasteiger partial charge in [-0.2, -0.15) is 0 Å². The summed E-state index contributed by atoms with van der Waals surface area (Å²) in [6.07, 6.45) is 53.1. The molecule has 9 aliphatic rings. The average molecular weight is 1630 g/mol. The second-order valence-corrected chi connectivity index (χ2v) is 36.6. The number of aliphatic hydroxyl groups excluding tert-OH is 1. The molecule has 6 aromatic heterocycles. The molecule has 6 bridgehead atoms. The molecule has 18 rings (SSSR count). The maximum Gasteiger partial charge on any atom is 0.323 e. The topological polar surface area (TPSA) is 266 Å². The fraction of sp³-hybridized carbons (Fsp3) is 0.582. The van der Waals surface area contributed by atoms with Crippen molar-refractivity contribution in [2.24, 2.45) is 0 Å². The summed E-state index contributed by atoms with van der Waals surface area (Å²) in [5.41, 5.74) is 4.81. The van der Waals surface area contributed by atoms with Crippen LogP contribution >= 0.6 is 0 Å². The maximum absolute atomic E-state index is 14.4. The van der Waals surface area contributed by atoms with E-state index in [9.17, 15) is 48.6 Å². The van der Waals surface area contributed by atoms with Gasteiger partial charge in [-0.15, -0.1) is 0 Å². The summed E-state index contributed by atoms with van der Waals surface area (Å²) in [5, 5.41) is 18.8. The van der Waals surface area contributed by atoms with Crippen LogP contribution in [0.4, 0.5) is 0 Å². The van der Waals surface area contributed by atoms with Crippen molar-refractivity contribution in [3.63, 3.8) is 0 Å². The van der Waals surface area contributed by atoms with E-state index in [1.807, 2.05) is 86.5 Å². The maximum atomic E-state index is 14.4. The van der Waals surface area contributed by atoms with Crippen LogP contribution < -0.4 is 33.4 Å². The number of carbonyl (C=O) groups is 2. The molecule has 9 fully saturated rings. The van der Waals surface area contributed by atoms with Crippen molar-refractivity contribution in [3.8, 4) is 34.2 Å². The van der Waals surface area contributed by atoms with Gasteiger partial charge in [0, 0.05) is 90.7 Å². The summed E-state index contributed by atoms with van der Waals surface area (Å²) < 4.78 is 8.30. The first kappa shape index (κ1) is 84.5. The van der Waals surface area contributed by atoms with Crippen LogP contribution in [-0.2, 0) is 22.7 Å². The van der Waals surface area contributed by atoms with Crippen LogP contribution in [0.15, 0.2) is 156 Å². The van der Waals surface area contributed by atoms with Crippen molar-refractivity contribution in [3.05, 3.63) is 190 Å². The Balaban J connectivity index is 0.000000134. The molecule has 9 atom stereocenters. The van der Waals surface area contributed by atoms with E-state index in [1.165, 1.54) is 254 Å². The van der Waals surface area contributed by atoms with Crippen LogP contribution in [0.5, 0.6) is 0 Å². The van der Waals surface area contributed by atoms with Gasteiger partial charge in [-0.25, -0.2) is 15.0 Å². The predicted molar refractivity (Wildman–Crippen MR) is 474 cm³/mol. The third-order valence-corrected chi connectivity index (χ3v) is 28.9. The predicted octanol–water partition coefficient (Wildman–Crippen LogP) is 17.2. The Morgan fingerprint density at radius 1 is 0.317 bits per heavy atom.